The summed E-state index contributed by atoms with van der Waals surface area (Å²) in [4.78, 5) is 35.2. The Morgan fingerprint density at radius 1 is 1.10 bits per heavy atom. The molecular weight excluding hydrogens is 393 g/mol. The van der Waals surface area contributed by atoms with Crippen LogP contribution in [-0.4, -0.2) is 47.3 Å². The zero-order valence-electron chi connectivity index (χ0n) is 15.7. The van der Waals surface area contributed by atoms with Crippen molar-refractivity contribution in [2.24, 2.45) is 0 Å². The molecule has 29 heavy (non-hydrogen) atoms. The van der Waals surface area contributed by atoms with Gasteiger partial charge < -0.3 is 15.4 Å². The van der Waals surface area contributed by atoms with E-state index in [1.807, 2.05) is 0 Å². The number of rotatable bonds is 7. The molecule has 0 aliphatic carbocycles. The van der Waals surface area contributed by atoms with Gasteiger partial charge in [0.05, 0.1) is 25.0 Å². The van der Waals surface area contributed by atoms with Crippen LogP contribution in [-0.2, 0) is 15.7 Å². The van der Waals surface area contributed by atoms with E-state index < -0.39 is 29.3 Å². The molecule has 0 saturated carbocycles. The van der Waals surface area contributed by atoms with Crippen molar-refractivity contribution < 1.29 is 32.3 Å². The highest BCUT2D eigenvalue weighted by Gasteiger charge is 2.41. The van der Waals surface area contributed by atoms with Gasteiger partial charge in [0.25, 0.3) is 5.91 Å². The van der Waals surface area contributed by atoms with Gasteiger partial charge in [-0.2, -0.15) is 18.3 Å². The lowest BCUT2D eigenvalue weighted by molar-refractivity contribution is -0.143. The Labute approximate surface area is 164 Å². The molecule has 0 unspecified atom stereocenters. The van der Waals surface area contributed by atoms with Crippen LogP contribution in [0.25, 0.3) is 5.69 Å². The number of esters is 1. The largest absolute Gasteiger partial charge is 0.462 e. The number of halogens is 3. The minimum absolute atomic E-state index is 0.00634. The quantitative estimate of drug-likeness (QED) is 0.677. The maximum absolute atomic E-state index is 13.5. The molecule has 0 radical (unpaired) electrons. The summed E-state index contributed by atoms with van der Waals surface area (Å²) >= 11 is 0. The summed E-state index contributed by atoms with van der Waals surface area (Å²) in [5.41, 5.74) is -1.84. The zero-order valence-corrected chi connectivity index (χ0v) is 15.7. The van der Waals surface area contributed by atoms with Crippen LogP contribution in [0.1, 0.15) is 40.3 Å². The van der Waals surface area contributed by atoms with Gasteiger partial charge in [-0.15, -0.1) is 0 Å². The normalized spacial score (nSPS) is 11.1. The second-order valence-corrected chi connectivity index (χ2v) is 5.72. The Balaban J connectivity index is 2.26. The SMILES string of the molecule is CCNC(=O)CNC(=O)c1ccc(-n2ncc(C(=O)OCC)c2C(F)(F)F)cc1. The summed E-state index contributed by atoms with van der Waals surface area (Å²) in [7, 11) is 0. The van der Waals surface area contributed by atoms with Gasteiger partial charge in [-0.05, 0) is 38.1 Å². The molecule has 0 fully saturated rings. The smallest absolute Gasteiger partial charge is 0.434 e. The number of nitrogens with zero attached hydrogens (tertiary/aromatic N) is 2. The fourth-order valence-electron chi connectivity index (χ4n) is 2.45. The second-order valence-electron chi connectivity index (χ2n) is 5.72. The van der Waals surface area contributed by atoms with Crippen LogP contribution in [0.15, 0.2) is 30.5 Å². The fourth-order valence-corrected chi connectivity index (χ4v) is 2.45. The summed E-state index contributed by atoms with van der Waals surface area (Å²) < 4.78 is 45.7. The number of carbonyl (C=O) groups is 3. The van der Waals surface area contributed by atoms with Crippen molar-refractivity contribution in [3.05, 3.63) is 47.3 Å². The van der Waals surface area contributed by atoms with E-state index in [0.717, 1.165) is 6.20 Å². The predicted octanol–water partition coefficient (Wildman–Crippen LogP) is 1.93. The summed E-state index contributed by atoms with van der Waals surface area (Å²) in [6.07, 6.45) is -4.07. The molecule has 1 aromatic heterocycles. The number of amides is 2. The predicted molar refractivity (Wildman–Crippen MR) is 95.5 cm³/mol. The number of ether oxygens (including phenoxy) is 1. The number of nitrogens with one attached hydrogen (secondary N) is 2. The molecule has 1 aromatic carbocycles. The summed E-state index contributed by atoms with van der Waals surface area (Å²) in [5.74, 6) is -2.06. The lowest BCUT2D eigenvalue weighted by Crippen LogP contribution is -2.36. The molecule has 0 atom stereocenters. The number of alkyl halides is 3. The van der Waals surface area contributed by atoms with Crippen LogP contribution >= 0.6 is 0 Å². The number of hydrogen-bond donors (Lipinski definition) is 2. The molecular formula is C18H19F3N4O4. The van der Waals surface area contributed by atoms with Gasteiger partial charge in [-0.1, -0.05) is 0 Å². The molecule has 1 heterocycles. The average Bonchev–Trinajstić information content (AvgIpc) is 3.12. The third kappa shape index (κ3) is 5.33. The number of likely N-dealkylation sites (N-methyl/N-ethyl adjacent to an activating group) is 1. The highest BCUT2D eigenvalue weighted by molar-refractivity contribution is 5.96. The van der Waals surface area contributed by atoms with E-state index in [1.165, 1.54) is 31.2 Å². The first kappa shape index (κ1) is 21.9. The van der Waals surface area contributed by atoms with E-state index in [1.54, 1.807) is 6.92 Å². The highest BCUT2D eigenvalue weighted by Crippen LogP contribution is 2.34. The Kier molecular flexibility index (Phi) is 6.97. The number of carbonyl (C=O) groups excluding carboxylic acids is 3. The minimum atomic E-state index is -4.86. The maximum Gasteiger partial charge on any atom is 0.434 e. The van der Waals surface area contributed by atoms with Crippen molar-refractivity contribution in [1.82, 2.24) is 20.4 Å². The molecule has 0 spiro atoms. The summed E-state index contributed by atoms with van der Waals surface area (Å²) in [5, 5.41) is 8.56. The second kappa shape index (κ2) is 9.22. The lowest BCUT2D eigenvalue weighted by atomic mass is 10.2. The third-order valence-corrected chi connectivity index (χ3v) is 3.69. The monoisotopic (exact) mass is 412 g/mol. The molecule has 0 aliphatic heterocycles. The standard InChI is InChI=1S/C18H19F3N4O4/c1-3-22-14(26)10-23-16(27)11-5-7-12(8-6-11)25-15(18(19,20)21)13(9-24-25)17(28)29-4-2/h5-9H,3-4,10H2,1-2H3,(H,22,26)(H,23,27). The van der Waals surface area contributed by atoms with Crippen LogP contribution < -0.4 is 10.6 Å². The zero-order chi connectivity index (χ0) is 21.6. The molecule has 0 bridgehead atoms. The number of hydrogen-bond acceptors (Lipinski definition) is 5. The van der Waals surface area contributed by atoms with E-state index in [9.17, 15) is 27.6 Å². The first-order chi connectivity index (χ1) is 13.7. The van der Waals surface area contributed by atoms with Gasteiger partial charge in [-0.3, -0.25) is 9.59 Å². The Bertz CT molecular complexity index is 892. The minimum Gasteiger partial charge on any atom is -0.462 e. The van der Waals surface area contributed by atoms with Crippen molar-refractivity contribution in [2.45, 2.75) is 20.0 Å². The van der Waals surface area contributed by atoms with E-state index >= 15 is 0 Å². The van der Waals surface area contributed by atoms with Crippen LogP contribution in [0.3, 0.4) is 0 Å². The molecule has 0 aliphatic rings. The fraction of sp³-hybridized carbons (Fsp3) is 0.333. The Morgan fingerprint density at radius 3 is 2.31 bits per heavy atom. The van der Waals surface area contributed by atoms with Gasteiger partial charge in [0.1, 0.15) is 5.56 Å². The molecule has 156 valence electrons. The molecule has 2 N–H and O–H groups in total. The molecule has 2 aromatic rings. The van der Waals surface area contributed by atoms with Crippen LogP contribution in [0.4, 0.5) is 13.2 Å². The third-order valence-electron chi connectivity index (χ3n) is 3.69. The lowest BCUT2D eigenvalue weighted by Gasteiger charge is -2.13. The number of benzene rings is 1. The Morgan fingerprint density at radius 2 is 1.76 bits per heavy atom. The molecule has 8 nitrogen and oxygen atoms in total. The van der Waals surface area contributed by atoms with Gasteiger partial charge in [-0.25, -0.2) is 9.48 Å². The first-order valence-corrected chi connectivity index (χ1v) is 8.66. The molecule has 11 heteroatoms. The van der Waals surface area contributed by atoms with E-state index in [0.29, 0.717) is 11.2 Å². The average molecular weight is 412 g/mol. The molecule has 0 saturated heterocycles. The van der Waals surface area contributed by atoms with Crippen molar-refractivity contribution in [1.29, 1.82) is 0 Å². The van der Waals surface area contributed by atoms with Crippen molar-refractivity contribution in [2.75, 3.05) is 19.7 Å². The Hall–Kier alpha value is -3.37. The summed E-state index contributed by atoms with van der Waals surface area (Å²) in [6.45, 7) is 3.32. The van der Waals surface area contributed by atoms with Gasteiger partial charge in [0, 0.05) is 12.1 Å². The number of aromatic nitrogens is 2. The van der Waals surface area contributed by atoms with Gasteiger partial charge in [0.2, 0.25) is 5.91 Å². The van der Waals surface area contributed by atoms with Crippen LogP contribution in [0.2, 0.25) is 0 Å². The highest BCUT2D eigenvalue weighted by atomic mass is 19.4. The first-order valence-electron chi connectivity index (χ1n) is 8.66. The van der Waals surface area contributed by atoms with E-state index in [4.69, 9.17) is 0 Å². The molecule has 2 rings (SSSR count). The topological polar surface area (TPSA) is 102 Å². The van der Waals surface area contributed by atoms with Crippen molar-refractivity contribution >= 4 is 17.8 Å². The van der Waals surface area contributed by atoms with E-state index in [-0.39, 0.29) is 30.3 Å². The molecule has 2 amide bonds. The van der Waals surface area contributed by atoms with Crippen LogP contribution in [0.5, 0.6) is 0 Å². The van der Waals surface area contributed by atoms with Gasteiger partial charge in [0.15, 0.2) is 5.69 Å². The van der Waals surface area contributed by atoms with Crippen molar-refractivity contribution in [3.8, 4) is 5.69 Å². The van der Waals surface area contributed by atoms with Crippen molar-refractivity contribution in [3.63, 3.8) is 0 Å². The summed E-state index contributed by atoms with van der Waals surface area (Å²) in [6, 6.07) is 5.07. The van der Waals surface area contributed by atoms with Crippen LogP contribution in [0, 0.1) is 0 Å². The maximum atomic E-state index is 13.5. The van der Waals surface area contributed by atoms with E-state index in [2.05, 4.69) is 20.5 Å². The van der Waals surface area contributed by atoms with Gasteiger partial charge >= 0.3 is 12.1 Å².